The highest BCUT2D eigenvalue weighted by Crippen LogP contribution is 2.25. The third kappa shape index (κ3) is 1.84. The molecule has 0 saturated carbocycles. The van der Waals surface area contributed by atoms with Gasteiger partial charge in [-0.2, -0.15) is 0 Å². The lowest BCUT2D eigenvalue weighted by atomic mass is 10.0. The topological polar surface area (TPSA) is 26.0 Å². The maximum atomic E-state index is 13.0. The maximum Gasteiger partial charge on any atom is 0.146 e. The van der Waals surface area contributed by atoms with Crippen LogP contribution in [-0.2, 0) is 0 Å². The number of nitrogens with two attached hydrogens (primary N) is 1. The molecule has 2 N–H and O–H groups in total. The monoisotopic (exact) mass is 201 g/mol. The van der Waals surface area contributed by atoms with E-state index in [1.807, 2.05) is 31.2 Å². The standard InChI is InChI=1S/C13H12FN/c1-9-4-2-3-5-11(9)10-6-7-12(14)13(15)8-10/h2-8H,15H2,1H3. The minimum Gasteiger partial charge on any atom is -0.396 e. The number of nitrogen functional groups attached to an aromatic ring is 1. The highest BCUT2D eigenvalue weighted by Gasteiger charge is 2.03. The molecule has 0 radical (unpaired) electrons. The van der Waals surface area contributed by atoms with Crippen LogP contribution in [-0.4, -0.2) is 0 Å². The first kappa shape index (κ1) is 9.71. The van der Waals surface area contributed by atoms with Gasteiger partial charge in [0, 0.05) is 0 Å². The quantitative estimate of drug-likeness (QED) is 0.703. The molecule has 2 aromatic rings. The summed E-state index contributed by atoms with van der Waals surface area (Å²) in [6, 6.07) is 12.8. The number of rotatable bonds is 1. The summed E-state index contributed by atoms with van der Waals surface area (Å²) in [4.78, 5) is 0. The van der Waals surface area contributed by atoms with E-state index in [0.29, 0.717) is 0 Å². The Hall–Kier alpha value is -1.83. The van der Waals surface area contributed by atoms with Crippen molar-refractivity contribution in [3.63, 3.8) is 0 Å². The molecule has 0 aromatic heterocycles. The fraction of sp³-hybridized carbons (Fsp3) is 0.0769. The predicted molar refractivity (Wildman–Crippen MR) is 61.0 cm³/mol. The van der Waals surface area contributed by atoms with E-state index >= 15 is 0 Å². The Morgan fingerprint density at radius 1 is 1.07 bits per heavy atom. The molecular weight excluding hydrogens is 189 g/mol. The molecule has 0 saturated heterocycles. The molecule has 0 unspecified atom stereocenters. The summed E-state index contributed by atoms with van der Waals surface area (Å²) in [7, 11) is 0. The predicted octanol–water partition coefficient (Wildman–Crippen LogP) is 3.38. The van der Waals surface area contributed by atoms with Gasteiger partial charge in [0.2, 0.25) is 0 Å². The summed E-state index contributed by atoms with van der Waals surface area (Å²) < 4.78 is 13.0. The van der Waals surface area contributed by atoms with Crippen LogP contribution in [0.15, 0.2) is 42.5 Å². The van der Waals surface area contributed by atoms with Crippen molar-refractivity contribution < 1.29 is 4.39 Å². The van der Waals surface area contributed by atoms with Crippen LogP contribution in [0.1, 0.15) is 5.56 Å². The number of hydrogen-bond donors (Lipinski definition) is 1. The zero-order valence-electron chi connectivity index (χ0n) is 8.50. The van der Waals surface area contributed by atoms with Crippen LogP contribution in [0, 0.1) is 12.7 Å². The second-order valence-electron chi connectivity index (χ2n) is 3.55. The van der Waals surface area contributed by atoms with Gasteiger partial charge in [-0.15, -0.1) is 0 Å². The molecule has 0 bridgehead atoms. The summed E-state index contributed by atoms with van der Waals surface area (Å²) >= 11 is 0. The number of hydrogen-bond acceptors (Lipinski definition) is 1. The minimum absolute atomic E-state index is 0.191. The van der Waals surface area contributed by atoms with E-state index in [1.165, 1.54) is 6.07 Å². The maximum absolute atomic E-state index is 13.0. The second-order valence-corrected chi connectivity index (χ2v) is 3.55. The Balaban J connectivity index is 2.55. The first-order chi connectivity index (χ1) is 7.18. The van der Waals surface area contributed by atoms with Crippen LogP contribution in [0.2, 0.25) is 0 Å². The second kappa shape index (κ2) is 3.73. The molecular formula is C13H12FN. The normalized spacial score (nSPS) is 10.3. The molecule has 0 atom stereocenters. The minimum atomic E-state index is -0.368. The van der Waals surface area contributed by atoms with Crippen LogP contribution in [0.3, 0.4) is 0 Å². The van der Waals surface area contributed by atoms with Gasteiger partial charge in [0.25, 0.3) is 0 Å². The first-order valence-electron chi connectivity index (χ1n) is 4.79. The van der Waals surface area contributed by atoms with Crippen molar-refractivity contribution in [3.05, 3.63) is 53.8 Å². The average Bonchev–Trinajstić information content (AvgIpc) is 2.23. The van der Waals surface area contributed by atoms with Gasteiger partial charge in [-0.1, -0.05) is 30.3 Å². The Kier molecular flexibility index (Phi) is 2.42. The largest absolute Gasteiger partial charge is 0.396 e. The molecule has 0 amide bonds. The first-order valence-corrected chi connectivity index (χ1v) is 4.79. The van der Waals surface area contributed by atoms with Gasteiger partial charge in [-0.3, -0.25) is 0 Å². The van der Waals surface area contributed by atoms with Gasteiger partial charge in [0.05, 0.1) is 5.69 Å². The lowest BCUT2D eigenvalue weighted by Gasteiger charge is -2.06. The third-order valence-electron chi connectivity index (χ3n) is 2.45. The van der Waals surface area contributed by atoms with Gasteiger partial charge >= 0.3 is 0 Å². The highest BCUT2D eigenvalue weighted by atomic mass is 19.1. The van der Waals surface area contributed by atoms with Crippen LogP contribution in [0.4, 0.5) is 10.1 Å². The van der Waals surface area contributed by atoms with E-state index in [2.05, 4.69) is 0 Å². The Bertz CT molecular complexity index is 492. The van der Waals surface area contributed by atoms with Gasteiger partial charge in [-0.05, 0) is 35.7 Å². The molecule has 1 nitrogen and oxygen atoms in total. The molecule has 2 heteroatoms. The van der Waals surface area contributed by atoms with E-state index in [9.17, 15) is 4.39 Å². The number of halogens is 1. The van der Waals surface area contributed by atoms with E-state index in [4.69, 9.17) is 5.73 Å². The highest BCUT2D eigenvalue weighted by molar-refractivity contribution is 5.70. The smallest absolute Gasteiger partial charge is 0.146 e. The van der Waals surface area contributed by atoms with Crippen molar-refractivity contribution in [1.29, 1.82) is 0 Å². The van der Waals surface area contributed by atoms with Crippen molar-refractivity contribution in [2.45, 2.75) is 6.92 Å². The molecule has 2 aromatic carbocycles. The molecule has 2 rings (SSSR count). The molecule has 15 heavy (non-hydrogen) atoms. The van der Waals surface area contributed by atoms with Crippen LogP contribution in [0.25, 0.3) is 11.1 Å². The Morgan fingerprint density at radius 2 is 1.80 bits per heavy atom. The Labute approximate surface area is 88.4 Å². The van der Waals surface area contributed by atoms with Gasteiger partial charge < -0.3 is 5.73 Å². The zero-order chi connectivity index (χ0) is 10.8. The SMILES string of the molecule is Cc1ccccc1-c1ccc(F)c(N)c1. The summed E-state index contributed by atoms with van der Waals surface area (Å²) in [5, 5.41) is 0. The number of anilines is 1. The van der Waals surface area contributed by atoms with Crippen LogP contribution >= 0.6 is 0 Å². The summed E-state index contributed by atoms with van der Waals surface area (Å²) in [5.74, 6) is -0.368. The van der Waals surface area contributed by atoms with E-state index in [0.717, 1.165) is 16.7 Å². The van der Waals surface area contributed by atoms with E-state index in [1.54, 1.807) is 12.1 Å². The summed E-state index contributed by atoms with van der Waals surface area (Å²) in [5.41, 5.74) is 8.92. The Morgan fingerprint density at radius 3 is 2.47 bits per heavy atom. The third-order valence-corrected chi connectivity index (χ3v) is 2.45. The molecule has 0 spiro atoms. The van der Waals surface area contributed by atoms with Crippen molar-refractivity contribution in [2.24, 2.45) is 0 Å². The molecule has 0 fully saturated rings. The average molecular weight is 201 g/mol. The van der Waals surface area contributed by atoms with Gasteiger partial charge in [-0.25, -0.2) is 4.39 Å². The number of benzene rings is 2. The van der Waals surface area contributed by atoms with Crippen molar-refractivity contribution in [1.82, 2.24) is 0 Å². The number of aryl methyl sites for hydroxylation is 1. The lowest BCUT2D eigenvalue weighted by Crippen LogP contribution is -1.91. The van der Waals surface area contributed by atoms with Crippen LogP contribution in [0.5, 0.6) is 0 Å². The molecule has 76 valence electrons. The van der Waals surface area contributed by atoms with E-state index in [-0.39, 0.29) is 11.5 Å². The van der Waals surface area contributed by atoms with Gasteiger partial charge in [0.15, 0.2) is 0 Å². The van der Waals surface area contributed by atoms with Crippen molar-refractivity contribution in [3.8, 4) is 11.1 Å². The summed E-state index contributed by atoms with van der Waals surface area (Å²) in [6.07, 6.45) is 0. The van der Waals surface area contributed by atoms with Crippen molar-refractivity contribution in [2.75, 3.05) is 5.73 Å². The fourth-order valence-corrected chi connectivity index (χ4v) is 1.61. The lowest BCUT2D eigenvalue weighted by molar-refractivity contribution is 0.632. The van der Waals surface area contributed by atoms with Gasteiger partial charge in [0.1, 0.15) is 5.82 Å². The fourth-order valence-electron chi connectivity index (χ4n) is 1.61. The zero-order valence-corrected chi connectivity index (χ0v) is 8.50. The molecule has 0 aliphatic heterocycles. The van der Waals surface area contributed by atoms with Crippen molar-refractivity contribution >= 4 is 5.69 Å². The van der Waals surface area contributed by atoms with Crippen LogP contribution < -0.4 is 5.73 Å². The summed E-state index contributed by atoms with van der Waals surface area (Å²) in [6.45, 7) is 2.02. The molecule has 0 aliphatic carbocycles. The van der Waals surface area contributed by atoms with E-state index < -0.39 is 0 Å². The molecule has 0 aliphatic rings. The molecule has 0 heterocycles.